The van der Waals surface area contributed by atoms with Crippen LogP contribution >= 0.6 is 0 Å². The molecule has 1 aliphatic carbocycles. The van der Waals surface area contributed by atoms with Crippen molar-refractivity contribution >= 4 is 22.9 Å². The number of hydrogen-bond donors (Lipinski definition) is 0. The predicted octanol–water partition coefficient (Wildman–Crippen LogP) is 6.24. The summed E-state index contributed by atoms with van der Waals surface area (Å²) in [6, 6.07) is 12.3. The smallest absolute Gasteiger partial charge is 0.337 e. The van der Waals surface area contributed by atoms with Gasteiger partial charge in [-0.1, -0.05) is 25.3 Å². The Morgan fingerprint density at radius 3 is 2.38 bits per heavy atom. The Hall–Kier alpha value is -3.52. The zero-order chi connectivity index (χ0) is 29.5. The van der Waals surface area contributed by atoms with Crippen LogP contribution in [-0.2, 0) is 22.4 Å². The van der Waals surface area contributed by atoms with Crippen LogP contribution in [0.2, 0.25) is 0 Å². The average molecular weight is 574 g/mol. The number of likely N-dealkylation sites (N-methyl/N-ethyl adjacent to an activating group) is 1. The van der Waals surface area contributed by atoms with E-state index in [0.717, 1.165) is 24.1 Å². The Balaban J connectivity index is 1.52. The van der Waals surface area contributed by atoms with Gasteiger partial charge in [-0.2, -0.15) is 0 Å². The molecule has 1 aromatic heterocycles. The number of fused-ring (bicyclic) bond motifs is 5. The number of carbonyl (C=O) groups excluding carboxylic acids is 2. The van der Waals surface area contributed by atoms with Crippen LogP contribution in [0.15, 0.2) is 36.4 Å². The monoisotopic (exact) mass is 573 g/mol. The van der Waals surface area contributed by atoms with Crippen LogP contribution in [0.3, 0.4) is 0 Å². The summed E-state index contributed by atoms with van der Waals surface area (Å²) in [5.74, 6) is 0.919. The molecule has 3 aromatic rings. The fraction of sp³-hybridized carbons (Fsp3) is 0.529. The van der Waals surface area contributed by atoms with E-state index in [-0.39, 0.29) is 30.3 Å². The molecule has 0 bridgehead atoms. The second-order valence-corrected chi connectivity index (χ2v) is 12.4. The zero-order valence-corrected chi connectivity index (χ0v) is 25.5. The molecule has 1 saturated heterocycles. The molecule has 2 amide bonds. The number of rotatable bonds is 4. The number of hydrogen-bond acceptors (Lipinski definition) is 5. The lowest BCUT2D eigenvalue weighted by Crippen LogP contribution is -2.54. The highest BCUT2D eigenvalue weighted by Gasteiger charge is 2.35. The van der Waals surface area contributed by atoms with Crippen molar-refractivity contribution in [1.29, 1.82) is 0 Å². The van der Waals surface area contributed by atoms with Gasteiger partial charge in [-0.3, -0.25) is 0 Å². The fourth-order valence-electron chi connectivity index (χ4n) is 7.50. The topological polar surface area (TPSA) is 73.2 Å². The van der Waals surface area contributed by atoms with Crippen LogP contribution in [0, 0.1) is 0 Å². The molecule has 3 aliphatic rings. The van der Waals surface area contributed by atoms with E-state index < -0.39 is 0 Å². The predicted molar refractivity (Wildman–Crippen MR) is 163 cm³/mol. The van der Waals surface area contributed by atoms with Crippen molar-refractivity contribution in [2.75, 3.05) is 34.4 Å². The molecular formula is C34H43N3O5. The van der Waals surface area contributed by atoms with Crippen molar-refractivity contribution in [2.45, 2.75) is 83.1 Å². The van der Waals surface area contributed by atoms with Crippen LogP contribution in [0.25, 0.3) is 22.2 Å². The number of methoxy groups -OCH3 is 2. The maximum Gasteiger partial charge on any atom is 0.337 e. The third kappa shape index (κ3) is 5.14. The first-order valence-electron chi connectivity index (χ1n) is 15.4. The third-order valence-corrected chi connectivity index (χ3v) is 9.49. The summed E-state index contributed by atoms with van der Waals surface area (Å²) in [7, 11) is 5.05. The lowest BCUT2D eigenvalue weighted by molar-refractivity contribution is -0.0586. The van der Waals surface area contributed by atoms with Gasteiger partial charge < -0.3 is 28.6 Å². The van der Waals surface area contributed by atoms with Crippen LogP contribution in [0.5, 0.6) is 5.75 Å². The van der Waals surface area contributed by atoms with Crippen molar-refractivity contribution in [2.24, 2.45) is 0 Å². The van der Waals surface area contributed by atoms with Gasteiger partial charge in [0.15, 0.2) is 0 Å². The number of esters is 1. The van der Waals surface area contributed by atoms with E-state index in [1.807, 2.05) is 48.9 Å². The molecule has 3 heterocycles. The summed E-state index contributed by atoms with van der Waals surface area (Å²) >= 11 is 0. The molecular weight excluding hydrogens is 530 g/mol. The van der Waals surface area contributed by atoms with Crippen molar-refractivity contribution in [3.05, 3.63) is 53.1 Å². The van der Waals surface area contributed by atoms with Gasteiger partial charge in [0, 0.05) is 43.1 Å². The molecule has 1 unspecified atom stereocenters. The molecule has 3 atom stereocenters. The van der Waals surface area contributed by atoms with E-state index in [0.29, 0.717) is 37.5 Å². The summed E-state index contributed by atoms with van der Waals surface area (Å²) in [4.78, 5) is 30.4. The van der Waals surface area contributed by atoms with Crippen LogP contribution in [0.4, 0.5) is 4.79 Å². The summed E-state index contributed by atoms with van der Waals surface area (Å²) in [5.41, 5.74) is 6.51. The van der Waals surface area contributed by atoms with Crippen LogP contribution in [0.1, 0.15) is 73.4 Å². The highest BCUT2D eigenvalue weighted by atomic mass is 16.5. The van der Waals surface area contributed by atoms with E-state index in [2.05, 4.69) is 22.8 Å². The summed E-state index contributed by atoms with van der Waals surface area (Å²) in [6.45, 7) is 5.83. The lowest BCUT2D eigenvalue weighted by atomic mass is 9.81. The number of amides is 2. The molecule has 42 heavy (non-hydrogen) atoms. The van der Waals surface area contributed by atoms with E-state index in [1.54, 1.807) is 7.11 Å². The molecule has 6 rings (SSSR count). The largest absolute Gasteiger partial charge is 0.497 e. The van der Waals surface area contributed by atoms with E-state index in [9.17, 15) is 9.59 Å². The van der Waals surface area contributed by atoms with E-state index >= 15 is 0 Å². The summed E-state index contributed by atoms with van der Waals surface area (Å²) < 4.78 is 19.1. The second kappa shape index (κ2) is 11.6. The summed E-state index contributed by atoms with van der Waals surface area (Å²) in [6.07, 6.45) is 6.75. The Morgan fingerprint density at radius 1 is 0.952 bits per heavy atom. The molecule has 0 spiro atoms. The van der Waals surface area contributed by atoms with Gasteiger partial charge in [-0.25, -0.2) is 9.59 Å². The number of benzene rings is 2. The molecule has 8 nitrogen and oxygen atoms in total. The number of aromatic nitrogens is 1. The third-order valence-electron chi connectivity index (χ3n) is 9.49. The van der Waals surface area contributed by atoms with Crippen LogP contribution in [-0.4, -0.2) is 79.0 Å². The molecule has 2 aliphatic heterocycles. The molecule has 0 radical (unpaired) electrons. The Labute approximate surface area is 248 Å². The highest BCUT2D eigenvalue weighted by Crippen LogP contribution is 2.47. The van der Waals surface area contributed by atoms with Gasteiger partial charge in [0.05, 0.1) is 43.7 Å². The zero-order valence-electron chi connectivity index (χ0n) is 25.5. The molecule has 224 valence electrons. The molecule has 8 heteroatoms. The first-order valence-corrected chi connectivity index (χ1v) is 15.4. The molecule has 1 saturated carbocycles. The summed E-state index contributed by atoms with van der Waals surface area (Å²) in [5, 5.41) is 1.19. The van der Waals surface area contributed by atoms with Crippen molar-refractivity contribution in [3.63, 3.8) is 0 Å². The lowest BCUT2D eigenvalue weighted by Gasteiger charge is -2.39. The quantitative estimate of drug-likeness (QED) is 0.346. The molecule has 2 aromatic carbocycles. The van der Waals surface area contributed by atoms with Gasteiger partial charge in [-0.05, 0) is 80.5 Å². The number of nitrogens with zero attached hydrogens (tertiary/aromatic N) is 3. The van der Waals surface area contributed by atoms with E-state index in [4.69, 9.17) is 14.2 Å². The maximum absolute atomic E-state index is 13.9. The molecule has 0 N–H and O–H groups in total. The molecule has 2 fully saturated rings. The van der Waals surface area contributed by atoms with Crippen molar-refractivity contribution in [1.82, 2.24) is 14.4 Å². The maximum atomic E-state index is 13.9. The van der Waals surface area contributed by atoms with E-state index in [1.165, 1.54) is 54.1 Å². The standard InChI is InChI=1S/C34H43N3O5/c1-21-18-36(19-22(2)42-21)34(39)35(3)26-15-25-16-27(40-4)12-14-28(25)32-31(23-9-7-6-8-10-23)29-13-11-24(33(38)41-5)17-30(29)37(32)20-26/h11-14,16-17,21-23,26H,6-10,15,18-20H2,1-5H3/t21-,22+,26?. The highest BCUT2D eigenvalue weighted by molar-refractivity contribution is 5.99. The van der Waals surface area contributed by atoms with Crippen molar-refractivity contribution in [3.8, 4) is 17.0 Å². The minimum absolute atomic E-state index is 0.00000905. The minimum atomic E-state index is -0.343. The number of urea groups is 1. The van der Waals surface area contributed by atoms with Gasteiger partial charge in [0.1, 0.15) is 5.75 Å². The van der Waals surface area contributed by atoms with Crippen molar-refractivity contribution < 1.29 is 23.8 Å². The van der Waals surface area contributed by atoms with Gasteiger partial charge >= 0.3 is 12.0 Å². The fourth-order valence-corrected chi connectivity index (χ4v) is 7.50. The van der Waals surface area contributed by atoms with Gasteiger partial charge in [-0.15, -0.1) is 0 Å². The van der Waals surface area contributed by atoms with Gasteiger partial charge in [0.25, 0.3) is 0 Å². The minimum Gasteiger partial charge on any atom is -0.497 e. The van der Waals surface area contributed by atoms with Crippen LogP contribution < -0.4 is 4.74 Å². The number of ether oxygens (including phenoxy) is 3. The number of morpholine rings is 1. The average Bonchev–Trinajstić information content (AvgIpc) is 3.21. The normalized spacial score (nSPS) is 22.7. The Morgan fingerprint density at radius 2 is 1.69 bits per heavy atom. The SMILES string of the molecule is COC(=O)c1ccc2c(C3CCCCC3)c3n(c2c1)CC(N(C)C(=O)N1C[C@@H](C)O[C@@H](C)C1)Cc1cc(OC)ccc1-3. The Kier molecular flexibility index (Phi) is 7.92. The van der Waals surface area contributed by atoms with Gasteiger partial charge in [0.2, 0.25) is 0 Å². The Bertz CT molecular complexity index is 1480. The first kappa shape index (κ1) is 28.6. The first-order chi connectivity index (χ1) is 20.3. The second-order valence-electron chi connectivity index (χ2n) is 12.4. The number of carbonyl (C=O) groups is 2.